The fourth-order valence-corrected chi connectivity index (χ4v) is 2.55. The fourth-order valence-electron chi connectivity index (χ4n) is 2.55. The van der Waals surface area contributed by atoms with E-state index in [0.29, 0.717) is 11.5 Å². The average Bonchev–Trinajstić information content (AvgIpc) is 2.43. The normalized spacial score (nSPS) is 12.3. The van der Waals surface area contributed by atoms with Crippen LogP contribution in [0.3, 0.4) is 0 Å². The van der Waals surface area contributed by atoms with Gasteiger partial charge in [0.2, 0.25) is 5.91 Å². The molecule has 0 saturated heterocycles. The van der Waals surface area contributed by atoms with Gasteiger partial charge in [-0.15, -0.1) is 0 Å². The number of amides is 2. The molecule has 0 aliphatic heterocycles. The van der Waals surface area contributed by atoms with Gasteiger partial charge in [-0.3, -0.25) is 9.59 Å². The maximum Gasteiger partial charge on any atom is 0.251 e. The number of aryl methyl sites for hydroxylation is 1. The summed E-state index contributed by atoms with van der Waals surface area (Å²) in [6, 6.07) is 7.43. The van der Waals surface area contributed by atoms with Crippen molar-refractivity contribution >= 4 is 11.8 Å². The Hall–Kier alpha value is -1.88. The van der Waals surface area contributed by atoms with Crippen LogP contribution in [0.4, 0.5) is 0 Å². The number of rotatable bonds is 8. The lowest BCUT2D eigenvalue weighted by Gasteiger charge is -2.24. The Balaban J connectivity index is 2.51. The molecule has 2 amide bonds. The number of carbonyl (C=O) groups excluding carboxylic acids is 2. The number of hydrogen-bond acceptors (Lipinski definition) is 3. The van der Waals surface area contributed by atoms with Crippen molar-refractivity contribution in [2.45, 2.75) is 33.2 Å². The molecule has 1 rings (SSSR count). The molecule has 5 heteroatoms. The third kappa shape index (κ3) is 7.28. The zero-order valence-corrected chi connectivity index (χ0v) is 14.8. The highest BCUT2D eigenvalue weighted by atomic mass is 16.2. The first kappa shape index (κ1) is 19.2. The molecule has 128 valence electrons. The summed E-state index contributed by atoms with van der Waals surface area (Å²) in [5, 5.41) is 5.69. The number of nitrogens with one attached hydrogen (secondary N) is 2. The summed E-state index contributed by atoms with van der Waals surface area (Å²) in [6.07, 6.45) is 0.912. The van der Waals surface area contributed by atoms with E-state index in [1.807, 2.05) is 39.2 Å². The van der Waals surface area contributed by atoms with E-state index >= 15 is 0 Å². The lowest BCUT2D eigenvalue weighted by molar-refractivity contribution is -0.121. The molecule has 5 nitrogen and oxygen atoms in total. The molecule has 0 saturated carbocycles. The number of hydrogen-bond donors (Lipinski definition) is 2. The highest BCUT2D eigenvalue weighted by molar-refractivity contribution is 5.97. The van der Waals surface area contributed by atoms with Gasteiger partial charge in [0.05, 0.1) is 6.54 Å². The van der Waals surface area contributed by atoms with Crippen molar-refractivity contribution in [2.24, 2.45) is 5.92 Å². The summed E-state index contributed by atoms with van der Waals surface area (Å²) in [4.78, 5) is 26.3. The Morgan fingerprint density at radius 1 is 1.17 bits per heavy atom. The van der Waals surface area contributed by atoms with E-state index in [0.717, 1.165) is 18.5 Å². The van der Waals surface area contributed by atoms with E-state index in [1.54, 1.807) is 6.07 Å². The van der Waals surface area contributed by atoms with Crippen molar-refractivity contribution in [1.82, 2.24) is 15.5 Å². The third-order valence-electron chi connectivity index (χ3n) is 3.51. The van der Waals surface area contributed by atoms with E-state index in [1.165, 1.54) is 0 Å². The molecular formula is C18H29N3O2. The summed E-state index contributed by atoms with van der Waals surface area (Å²) in [5.41, 5.74) is 1.50. The second kappa shape index (κ2) is 9.30. The molecule has 23 heavy (non-hydrogen) atoms. The van der Waals surface area contributed by atoms with Gasteiger partial charge in [0.15, 0.2) is 0 Å². The van der Waals surface area contributed by atoms with Crippen molar-refractivity contribution in [3.8, 4) is 0 Å². The topological polar surface area (TPSA) is 61.4 Å². The Labute approximate surface area is 139 Å². The predicted molar refractivity (Wildman–Crippen MR) is 93.5 cm³/mol. The van der Waals surface area contributed by atoms with Gasteiger partial charge in [0.1, 0.15) is 0 Å². The summed E-state index contributed by atoms with van der Waals surface area (Å²) in [7, 11) is 3.97. The summed E-state index contributed by atoms with van der Waals surface area (Å²) < 4.78 is 0. The first-order chi connectivity index (χ1) is 10.8. The van der Waals surface area contributed by atoms with Gasteiger partial charge in [-0.05, 0) is 45.0 Å². The minimum absolute atomic E-state index is 0.00477. The Morgan fingerprint density at radius 2 is 1.83 bits per heavy atom. The van der Waals surface area contributed by atoms with E-state index in [9.17, 15) is 9.59 Å². The first-order valence-corrected chi connectivity index (χ1v) is 8.07. The molecule has 0 aromatic heterocycles. The second-order valence-corrected chi connectivity index (χ2v) is 6.65. The Bertz CT molecular complexity index is 517. The molecule has 0 fully saturated rings. The van der Waals surface area contributed by atoms with Gasteiger partial charge in [-0.25, -0.2) is 0 Å². The van der Waals surface area contributed by atoms with E-state index < -0.39 is 0 Å². The SMILES string of the molecule is Cc1ccccc1C(=O)NCC(=O)NC(CC(C)C)CN(C)C. The molecule has 1 aromatic rings. The van der Waals surface area contributed by atoms with Crippen LogP contribution >= 0.6 is 0 Å². The van der Waals surface area contributed by atoms with Crippen LogP contribution in [0.15, 0.2) is 24.3 Å². The average molecular weight is 319 g/mol. The molecule has 0 spiro atoms. The zero-order valence-electron chi connectivity index (χ0n) is 14.8. The highest BCUT2D eigenvalue weighted by Crippen LogP contribution is 2.07. The van der Waals surface area contributed by atoms with Crippen LogP contribution in [-0.2, 0) is 4.79 Å². The molecule has 0 heterocycles. The quantitative estimate of drug-likeness (QED) is 0.768. The van der Waals surface area contributed by atoms with Gasteiger partial charge < -0.3 is 15.5 Å². The van der Waals surface area contributed by atoms with Crippen LogP contribution < -0.4 is 10.6 Å². The van der Waals surface area contributed by atoms with Gasteiger partial charge in [0.25, 0.3) is 5.91 Å². The van der Waals surface area contributed by atoms with E-state index in [2.05, 4.69) is 29.4 Å². The van der Waals surface area contributed by atoms with E-state index in [4.69, 9.17) is 0 Å². The first-order valence-electron chi connectivity index (χ1n) is 8.07. The van der Waals surface area contributed by atoms with Crippen LogP contribution in [-0.4, -0.2) is 49.9 Å². The van der Waals surface area contributed by atoms with Gasteiger partial charge in [-0.2, -0.15) is 0 Å². The maximum atomic E-state index is 12.1. The lowest BCUT2D eigenvalue weighted by atomic mass is 10.0. The molecule has 1 unspecified atom stereocenters. The molecule has 0 aliphatic rings. The molecule has 0 bridgehead atoms. The number of carbonyl (C=O) groups is 2. The molecule has 0 radical (unpaired) electrons. The smallest absolute Gasteiger partial charge is 0.251 e. The van der Waals surface area contributed by atoms with Crippen molar-refractivity contribution in [1.29, 1.82) is 0 Å². The molecule has 0 aliphatic carbocycles. The van der Waals surface area contributed by atoms with Gasteiger partial charge in [0, 0.05) is 18.2 Å². The lowest BCUT2D eigenvalue weighted by Crippen LogP contribution is -2.46. The minimum atomic E-state index is -0.216. The minimum Gasteiger partial charge on any atom is -0.351 e. The van der Waals surface area contributed by atoms with Crippen molar-refractivity contribution in [3.05, 3.63) is 35.4 Å². The maximum absolute atomic E-state index is 12.1. The van der Waals surface area contributed by atoms with Crippen LogP contribution in [0.1, 0.15) is 36.2 Å². The Kier molecular flexibility index (Phi) is 7.75. The summed E-state index contributed by atoms with van der Waals surface area (Å²) in [6.45, 7) is 6.93. The highest BCUT2D eigenvalue weighted by Gasteiger charge is 2.16. The monoisotopic (exact) mass is 319 g/mol. The zero-order chi connectivity index (χ0) is 17.4. The summed E-state index contributed by atoms with van der Waals surface area (Å²) >= 11 is 0. The number of nitrogens with zero attached hydrogens (tertiary/aromatic N) is 1. The largest absolute Gasteiger partial charge is 0.351 e. The third-order valence-corrected chi connectivity index (χ3v) is 3.51. The van der Waals surface area contributed by atoms with Crippen LogP contribution in [0.5, 0.6) is 0 Å². The van der Waals surface area contributed by atoms with Crippen molar-refractivity contribution < 1.29 is 9.59 Å². The predicted octanol–water partition coefficient (Wildman–Crippen LogP) is 1.82. The molecule has 1 atom stereocenters. The van der Waals surface area contributed by atoms with Gasteiger partial charge >= 0.3 is 0 Å². The van der Waals surface area contributed by atoms with Crippen LogP contribution in [0.2, 0.25) is 0 Å². The number of benzene rings is 1. The van der Waals surface area contributed by atoms with Crippen LogP contribution in [0.25, 0.3) is 0 Å². The van der Waals surface area contributed by atoms with Crippen molar-refractivity contribution in [3.63, 3.8) is 0 Å². The molecule has 2 N–H and O–H groups in total. The Morgan fingerprint density at radius 3 is 2.39 bits per heavy atom. The van der Waals surface area contributed by atoms with E-state index in [-0.39, 0.29) is 24.4 Å². The molecule has 1 aromatic carbocycles. The summed E-state index contributed by atoms with van der Waals surface area (Å²) in [5.74, 6) is 0.132. The van der Waals surface area contributed by atoms with Crippen molar-refractivity contribution in [2.75, 3.05) is 27.2 Å². The van der Waals surface area contributed by atoms with Crippen LogP contribution in [0, 0.1) is 12.8 Å². The standard InChI is InChI=1S/C18H29N3O2/c1-13(2)10-15(12-21(4)5)20-17(22)11-19-18(23)16-9-7-6-8-14(16)3/h6-9,13,15H,10-12H2,1-5H3,(H,19,23)(H,20,22). The fraction of sp³-hybridized carbons (Fsp3) is 0.556. The number of likely N-dealkylation sites (N-methyl/N-ethyl adjacent to an activating group) is 1. The molecular weight excluding hydrogens is 290 g/mol. The van der Waals surface area contributed by atoms with Gasteiger partial charge in [-0.1, -0.05) is 32.0 Å². The second-order valence-electron chi connectivity index (χ2n) is 6.65.